The van der Waals surface area contributed by atoms with Gasteiger partial charge in [0, 0.05) is 6.61 Å². The van der Waals surface area contributed by atoms with E-state index in [4.69, 9.17) is 26.4 Å². The van der Waals surface area contributed by atoms with E-state index in [2.05, 4.69) is 0 Å². The zero-order chi connectivity index (χ0) is 22.5. The van der Waals surface area contributed by atoms with Gasteiger partial charge in [0.2, 0.25) is 0 Å². The van der Waals surface area contributed by atoms with Gasteiger partial charge in [-0.1, -0.05) is 42.2 Å². The van der Waals surface area contributed by atoms with Crippen molar-refractivity contribution in [1.82, 2.24) is 4.90 Å². The van der Waals surface area contributed by atoms with Crippen molar-refractivity contribution in [2.75, 3.05) is 19.8 Å². The molecule has 0 spiro atoms. The molecule has 168 valence electrons. The number of amides is 1. The number of thiocarbonyl (C=S) groups is 1. The summed E-state index contributed by atoms with van der Waals surface area (Å²) in [6.45, 7) is 3.81. The van der Waals surface area contributed by atoms with Crippen molar-refractivity contribution in [3.63, 3.8) is 0 Å². The summed E-state index contributed by atoms with van der Waals surface area (Å²) in [4.78, 5) is 15.1. The first-order valence-electron chi connectivity index (χ1n) is 10.5. The van der Waals surface area contributed by atoms with Gasteiger partial charge >= 0.3 is 0 Å². The normalized spacial score (nSPS) is 19.8. The Bertz CT molecular complexity index is 1040. The monoisotopic (exact) mass is 473 g/mol. The number of hydrogen-bond acceptors (Lipinski definition) is 6. The van der Waals surface area contributed by atoms with E-state index in [0.29, 0.717) is 33.9 Å². The van der Waals surface area contributed by atoms with Crippen LogP contribution in [-0.2, 0) is 16.1 Å². The van der Waals surface area contributed by atoms with E-state index in [1.165, 1.54) is 23.9 Å². The van der Waals surface area contributed by atoms with Crippen molar-refractivity contribution < 1.29 is 23.4 Å². The fraction of sp³-hybridized carbons (Fsp3) is 0.333. The van der Waals surface area contributed by atoms with E-state index in [0.717, 1.165) is 30.6 Å². The molecule has 8 heteroatoms. The lowest BCUT2D eigenvalue weighted by atomic mass is 10.1. The third kappa shape index (κ3) is 5.49. The molecule has 4 rings (SSSR count). The average Bonchev–Trinajstić information content (AvgIpc) is 3.38. The highest BCUT2D eigenvalue weighted by Crippen LogP contribution is 2.35. The van der Waals surface area contributed by atoms with Gasteiger partial charge in [-0.25, -0.2) is 4.39 Å². The van der Waals surface area contributed by atoms with Crippen LogP contribution in [0.1, 0.15) is 30.9 Å². The molecule has 2 aliphatic rings. The van der Waals surface area contributed by atoms with Crippen LogP contribution >= 0.6 is 24.0 Å². The van der Waals surface area contributed by atoms with Gasteiger partial charge in [-0.15, -0.1) is 0 Å². The Kier molecular flexibility index (Phi) is 7.44. The highest BCUT2D eigenvalue weighted by atomic mass is 32.2. The summed E-state index contributed by atoms with van der Waals surface area (Å²) in [6, 6.07) is 11.8. The average molecular weight is 474 g/mol. The van der Waals surface area contributed by atoms with Crippen molar-refractivity contribution in [3.05, 3.63) is 64.3 Å². The second-order valence-corrected chi connectivity index (χ2v) is 9.16. The molecule has 0 unspecified atom stereocenters. The number of benzene rings is 2. The molecule has 2 saturated heterocycles. The van der Waals surface area contributed by atoms with Crippen LogP contribution in [0.15, 0.2) is 47.4 Å². The largest absolute Gasteiger partial charge is 0.490 e. The summed E-state index contributed by atoms with van der Waals surface area (Å²) >= 11 is 6.72. The van der Waals surface area contributed by atoms with Crippen molar-refractivity contribution in [2.24, 2.45) is 0 Å². The van der Waals surface area contributed by atoms with Crippen LogP contribution in [-0.4, -0.2) is 41.0 Å². The SMILES string of the molecule is CCOc1cc(/C=C2\SC(=S)N(C[C@H]3CCCO3)C2=O)ccc1OCc1cccc(F)c1. The standard InChI is InChI=1S/C24H24FNO4S2/c1-2-28-21-12-16(8-9-20(21)30-15-17-5-3-6-18(25)11-17)13-22-23(27)26(24(31)32-22)14-19-7-4-10-29-19/h3,5-6,8-9,11-13,19H,2,4,7,10,14-15H2,1H3/b22-13-/t19-/m1/s1. The number of nitrogens with zero attached hydrogens (tertiary/aromatic N) is 1. The van der Waals surface area contributed by atoms with Crippen LogP contribution in [0.2, 0.25) is 0 Å². The Morgan fingerprint density at radius 2 is 2.12 bits per heavy atom. The number of rotatable bonds is 8. The van der Waals surface area contributed by atoms with Gasteiger partial charge in [-0.2, -0.15) is 0 Å². The Hall–Kier alpha value is -2.42. The fourth-order valence-electron chi connectivity index (χ4n) is 3.59. The minimum absolute atomic E-state index is 0.0518. The maximum atomic E-state index is 13.4. The van der Waals surface area contributed by atoms with Gasteiger partial charge in [0.25, 0.3) is 5.91 Å². The lowest BCUT2D eigenvalue weighted by Crippen LogP contribution is -2.35. The van der Waals surface area contributed by atoms with Gasteiger partial charge in [-0.05, 0) is 61.2 Å². The molecule has 2 heterocycles. The molecule has 2 aromatic rings. The molecule has 2 aromatic carbocycles. The number of thioether (sulfide) groups is 1. The molecule has 1 atom stereocenters. The van der Waals surface area contributed by atoms with Crippen LogP contribution in [0.25, 0.3) is 6.08 Å². The van der Waals surface area contributed by atoms with Crippen LogP contribution in [0.4, 0.5) is 4.39 Å². The Morgan fingerprint density at radius 1 is 1.25 bits per heavy atom. The van der Waals surface area contributed by atoms with Gasteiger partial charge < -0.3 is 14.2 Å². The molecule has 0 aliphatic carbocycles. The van der Waals surface area contributed by atoms with E-state index in [9.17, 15) is 9.18 Å². The maximum Gasteiger partial charge on any atom is 0.266 e. The van der Waals surface area contributed by atoms with Crippen LogP contribution < -0.4 is 9.47 Å². The quantitative estimate of drug-likeness (QED) is 0.389. The first-order valence-corrected chi connectivity index (χ1v) is 11.8. The van der Waals surface area contributed by atoms with Gasteiger partial charge in [0.1, 0.15) is 16.7 Å². The Balaban J connectivity index is 1.48. The van der Waals surface area contributed by atoms with E-state index in [1.807, 2.05) is 25.1 Å². The first kappa shape index (κ1) is 22.8. The summed E-state index contributed by atoms with van der Waals surface area (Å²) in [5, 5.41) is 0. The predicted octanol–water partition coefficient (Wildman–Crippen LogP) is 5.18. The number of carbonyl (C=O) groups is 1. The lowest BCUT2D eigenvalue weighted by molar-refractivity contribution is -0.123. The lowest BCUT2D eigenvalue weighted by Gasteiger charge is -2.18. The third-order valence-electron chi connectivity index (χ3n) is 5.13. The summed E-state index contributed by atoms with van der Waals surface area (Å²) in [6.07, 6.45) is 3.83. The summed E-state index contributed by atoms with van der Waals surface area (Å²) in [5.41, 5.74) is 1.54. The highest BCUT2D eigenvalue weighted by molar-refractivity contribution is 8.26. The predicted molar refractivity (Wildman–Crippen MR) is 127 cm³/mol. The molecule has 2 fully saturated rings. The van der Waals surface area contributed by atoms with Crippen molar-refractivity contribution in [1.29, 1.82) is 0 Å². The van der Waals surface area contributed by atoms with Gasteiger partial charge in [0.15, 0.2) is 11.5 Å². The second kappa shape index (κ2) is 10.5. The van der Waals surface area contributed by atoms with E-state index in [1.54, 1.807) is 23.1 Å². The second-order valence-electron chi connectivity index (χ2n) is 7.49. The fourth-order valence-corrected chi connectivity index (χ4v) is 4.87. The number of halogens is 1. The number of hydrogen-bond donors (Lipinski definition) is 0. The summed E-state index contributed by atoms with van der Waals surface area (Å²) in [7, 11) is 0. The zero-order valence-electron chi connectivity index (χ0n) is 17.7. The van der Waals surface area contributed by atoms with Crippen molar-refractivity contribution in [2.45, 2.75) is 32.5 Å². The van der Waals surface area contributed by atoms with Crippen molar-refractivity contribution in [3.8, 4) is 11.5 Å². The molecule has 0 bridgehead atoms. The molecule has 5 nitrogen and oxygen atoms in total. The van der Waals surface area contributed by atoms with Gasteiger partial charge in [-0.3, -0.25) is 9.69 Å². The van der Waals surface area contributed by atoms with E-state index in [-0.39, 0.29) is 24.4 Å². The molecular formula is C24H24FNO4S2. The number of carbonyl (C=O) groups excluding carboxylic acids is 1. The molecule has 32 heavy (non-hydrogen) atoms. The van der Waals surface area contributed by atoms with Crippen LogP contribution in [0.3, 0.4) is 0 Å². The van der Waals surface area contributed by atoms with Crippen molar-refractivity contribution >= 4 is 40.3 Å². The minimum Gasteiger partial charge on any atom is -0.490 e. The summed E-state index contributed by atoms with van der Waals surface area (Å²) in [5.74, 6) is 0.717. The van der Waals surface area contributed by atoms with Crippen LogP contribution in [0, 0.1) is 5.82 Å². The molecular weight excluding hydrogens is 449 g/mol. The molecule has 0 radical (unpaired) electrons. The minimum atomic E-state index is -0.303. The Morgan fingerprint density at radius 3 is 2.88 bits per heavy atom. The number of ether oxygens (including phenoxy) is 3. The summed E-state index contributed by atoms with van der Waals surface area (Å²) < 4.78 is 31.2. The van der Waals surface area contributed by atoms with E-state index >= 15 is 0 Å². The topological polar surface area (TPSA) is 48.0 Å². The zero-order valence-corrected chi connectivity index (χ0v) is 19.3. The first-order chi connectivity index (χ1) is 15.5. The molecule has 0 saturated carbocycles. The molecule has 0 aromatic heterocycles. The smallest absolute Gasteiger partial charge is 0.266 e. The molecule has 1 amide bonds. The molecule has 0 N–H and O–H groups in total. The van der Waals surface area contributed by atoms with E-state index < -0.39 is 0 Å². The van der Waals surface area contributed by atoms with Gasteiger partial charge in [0.05, 0.1) is 24.2 Å². The Labute approximate surface area is 196 Å². The molecule has 2 aliphatic heterocycles. The highest BCUT2D eigenvalue weighted by Gasteiger charge is 2.34. The third-order valence-corrected chi connectivity index (χ3v) is 6.51. The van der Waals surface area contributed by atoms with Crippen LogP contribution in [0.5, 0.6) is 11.5 Å². The maximum absolute atomic E-state index is 13.4.